The lowest BCUT2D eigenvalue weighted by atomic mass is 9.50. The van der Waals surface area contributed by atoms with Crippen molar-refractivity contribution in [3.05, 3.63) is 29.3 Å². The summed E-state index contributed by atoms with van der Waals surface area (Å²) in [5.41, 5.74) is 2.96. The van der Waals surface area contributed by atoms with E-state index in [1.165, 1.54) is 36.9 Å². The summed E-state index contributed by atoms with van der Waals surface area (Å²) in [7, 11) is 1.75. The quantitative estimate of drug-likeness (QED) is 0.767. The molecule has 1 saturated heterocycles. The maximum absolute atomic E-state index is 12.8. The van der Waals surface area contributed by atoms with Crippen molar-refractivity contribution in [2.75, 3.05) is 20.2 Å². The van der Waals surface area contributed by atoms with Gasteiger partial charge in [0, 0.05) is 30.3 Å². The van der Waals surface area contributed by atoms with Gasteiger partial charge in [-0.2, -0.15) is 0 Å². The molecule has 5 rings (SSSR count). The highest BCUT2D eigenvalue weighted by atomic mass is 35.5. The van der Waals surface area contributed by atoms with E-state index >= 15 is 0 Å². The number of ketones is 1. The van der Waals surface area contributed by atoms with Crippen LogP contribution in [0.5, 0.6) is 5.75 Å². The molecule has 4 heteroatoms. The first-order valence-corrected chi connectivity index (χ1v) is 10.5. The van der Waals surface area contributed by atoms with Crippen LogP contribution in [0.3, 0.4) is 0 Å². The lowest BCUT2D eigenvalue weighted by Gasteiger charge is -2.60. The van der Waals surface area contributed by atoms with Gasteiger partial charge >= 0.3 is 0 Å². The molecule has 1 aromatic rings. The molecule has 0 amide bonds. The van der Waals surface area contributed by atoms with Gasteiger partial charge in [-0.25, -0.2) is 0 Å². The van der Waals surface area contributed by atoms with E-state index in [0.29, 0.717) is 17.7 Å². The molecule has 0 N–H and O–H groups in total. The van der Waals surface area contributed by atoms with Gasteiger partial charge in [-0.15, -0.1) is 12.4 Å². The Labute approximate surface area is 169 Å². The highest BCUT2D eigenvalue weighted by Crippen LogP contribution is 2.56. The molecule has 2 unspecified atom stereocenters. The number of piperidine rings is 1. The number of methoxy groups -OCH3 is 1. The number of carbonyl (C=O) groups excluding carboxylic acids is 1. The average molecular weight is 390 g/mol. The molecular weight excluding hydrogens is 358 g/mol. The first-order chi connectivity index (χ1) is 12.6. The van der Waals surface area contributed by atoms with Crippen LogP contribution < -0.4 is 4.74 Å². The van der Waals surface area contributed by atoms with E-state index < -0.39 is 0 Å². The minimum atomic E-state index is 0. The first-order valence-electron chi connectivity index (χ1n) is 10.5. The van der Waals surface area contributed by atoms with Crippen LogP contribution in [0.25, 0.3) is 0 Å². The Kier molecular flexibility index (Phi) is 5.05. The Morgan fingerprint density at radius 2 is 2.11 bits per heavy atom. The number of hydrogen-bond acceptors (Lipinski definition) is 3. The third-order valence-electron chi connectivity index (χ3n) is 8.14. The van der Waals surface area contributed by atoms with Gasteiger partial charge in [0.2, 0.25) is 0 Å². The van der Waals surface area contributed by atoms with Gasteiger partial charge in [0.05, 0.1) is 7.11 Å². The lowest BCUT2D eigenvalue weighted by Crippen LogP contribution is -2.63. The standard InChI is InChI=1S/C23H31NO2.ClH/c1-15-10-20-21-11-17-6-7-18(26-2)12-19(17)23(20,13-22(15)25)8-9-24(21)14-16-4-3-5-16;/h6-7,12,15-16,20-21H,3-5,8-11,13-14H2,1-2H3;1H/t15-,20-,21?,23?;/m0./s1. The Bertz CT molecular complexity index is 731. The molecule has 2 saturated carbocycles. The minimum Gasteiger partial charge on any atom is -0.497 e. The zero-order chi connectivity index (χ0) is 17.9. The number of likely N-dealkylation sites (tertiary alicyclic amines) is 1. The molecule has 4 aliphatic rings. The van der Waals surface area contributed by atoms with Crippen LogP contribution in [0.1, 0.15) is 56.6 Å². The van der Waals surface area contributed by atoms with Crippen molar-refractivity contribution < 1.29 is 9.53 Å². The van der Waals surface area contributed by atoms with Crippen molar-refractivity contribution in [2.45, 2.75) is 63.3 Å². The molecule has 3 nitrogen and oxygen atoms in total. The number of nitrogens with zero attached hydrogens (tertiary/aromatic N) is 1. The largest absolute Gasteiger partial charge is 0.497 e. The van der Waals surface area contributed by atoms with E-state index in [9.17, 15) is 4.79 Å². The molecule has 27 heavy (non-hydrogen) atoms. The van der Waals surface area contributed by atoms with Crippen LogP contribution >= 0.6 is 12.4 Å². The topological polar surface area (TPSA) is 29.5 Å². The van der Waals surface area contributed by atoms with Gasteiger partial charge in [0.1, 0.15) is 11.5 Å². The third kappa shape index (κ3) is 2.93. The third-order valence-corrected chi connectivity index (χ3v) is 8.14. The first kappa shape index (κ1) is 19.3. The molecule has 148 valence electrons. The number of benzene rings is 1. The summed E-state index contributed by atoms with van der Waals surface area (Å²) in [6, 6.07) is 7.26. The van der Waals surface area contributed by atoms with Gasteiger partial charge in [-0.3, -0.25) is 9.69 Å². The molecule has 2 bridgehead atoms. The van der Waals surface area contributed by atoms with Crippen LogP contribution in [0.4, 0.5) is 0 Å². The Morgan fingerprint density at radius 1 is 1.30 bits per heavy atom. The molecular formula is C23H32ClNO2. The van der Waals surface area contributed by atoms with Gasteiger partial charge < -0.3 is 4.74 Å². The van der Waals surface area contributed by atoms with Gasteiger partial charge in [0.15, 0.2) is 0 Å². The summed E-state index contributed by atoms with van der Waals surface area (Å²) >= 11 is 0. The Hall–Kier alpha value is -1.06. The Morgan fingerprint density at radius 3 is 2.81 bits per heavy atom. The summed E-state index contributed by atoms with van der Waals surface area (Å²) in [6.45, 7) is 4.60. The predicted molar refractivity (Wildman–Crippen MR) is 110 cm³/mol. The number of hydrogen-bond donors (Lipinski definition) is 0. The number of Topliss-reactive ketones (excluding diaryl/α,β-unsaturated/α-hetero) is 1. The van der Waals surface area contributed by atoms with Crippen LogP contribution in [0.15, 0.2) is 18.2 Å². The Balaban J connectivity index is 0.00000180. The number of carbonyl (C=O) groups is 1. The number of fused-ring (bicyclic) bond motifs is 1. The van der Waals surface area contributed by atoms with Crippen molar-refractivity contribution in [2.24, 2.45) is 17.8 Å². The van der Waals surface area contributed by atoms with Crippen molar-refractivity contribution in [1.29, 1.82) is 0 Å². The fourth-order valence-corrected chi connectivity index (χ4v) is 6.40. The van der Waals surface area contributed by atoms with Gasteiger partial charge in [-0.1, -0.05) is 19.4 Å². The zero-order valence-corrected chi connectivity index (χ0v) is 17.4. The summed E-state index contributed by atoms with van der Waals surface area (Å²) in [4.78, 5) is 15.6. The molecule has 1 heterocycles. The molecule has 0 aromatic heterocycles. The number of ether oxygens (including phenoxy) is 1. The van der Waals surface area contributed by atoms with E-state index in [1.807, 2.05) is 0 Å². The van der Waals surface area contributed by atoms with E-state index in [-0.39, 0.29) is 23.7 Å². The van der Waals surface area contributed by atoms with E-state index in [0.717, 1.165) is 43.9 Å². The van der Waals surface area contributed by atoms with Crippen LogP contribution in [0, 0.1) is 17.8 Å². The van der Waals surface area contributed by atoms with Gasteiger partial charge in [-0.05, 0) is 73.7 Å². The molecule has 0 spiro atoms. The maximum atomic E-state index is 12.8. The van der Waals surface area contributed by atoms with Gasteiger partial charge in [0.25, 0.3) is 0 Å². The van der Waals surface area contributed by atoms with Crippen molar-refractivity contribution in [3.63, 3.8) is 0 Å². The molecule has 3 aliphatic carbocycles. The summed E-state index contributed by atoms with van der Waals surface area (Å²) < 4.78 is 5.54. The fourth-order valence-electron chi connectivity index (χ4n) is 6.40. The monoisotopic (exact) mass is 389 g/mol. The predicted octanol–water partition coefficient (Wildman–Crippen LogP) is 4.40. The van der Waals surface area contributed by atoms with Crippen molar-refractivity contribution >= 4 is 18.2 Å². The number of halogens is 1. The van der Waals surface area contributed by atoms with Crippen LogP contribution in [0.2, 0.25) is 0 Å². The molecule has 1 aliphatic heterocycles. The summed E-state index contributed by atoms with van der Waals surface area (Å²) in [5.74, 6) is 3.19. The van der Waals surface area contributed by atoms with Crippen molar-refractivity contribution in [1.82, 2.24) is 4.90 Å². The number of rotatable bonds is 3. The molecule has 1 aromatic carbocycles. The molecule has 0 radical (unpaired) electrons. The fraction of sp³-hybridized carbons (Fsp3) is 0.696. The average Bonchev–Trinajstić information content (AvgIpc) is 2.60. The van der Waals surface area contributed by atoms with Crippen LogP contribution in [-0.4, -0.2) is 36.9 Å². The van der Waals surface area contributed by atoms with Crippen LogP contribution in [-0.2, 0) is 16.6 Å². The summed E-state index contributed by atoms with van der Waals surface area (Å²) in [6.07, 6.45) is 8.36. The highest BCUT2D eigenvalue weighted by molar-refractivity contribution is 5.85. The maximum Gasteiger partial charge on any atom is 0.136 e. The minimum absolute atomic E-state index is 0. The SMILES string of the molecule is COc1ccc2c(c1)C13CCN(CC4CCC4)C(C2)[C@@H]1C[C@H](C)C(=O)C3.Cl. The molecule has 3 fully saturated rings. The second kappa shape index (κ2) is 7.08. The van der Waals surface area contributed by atoms with E-state index in [4.69, 9.17) is 4.74 Å². The normalized spacial score (nSPS) is 35.5. The smallest absolute Gasteiger partial charge is 0.136 e. The van der Waals surface area contributed by atoms with Crippen molar-refractivity contribution in [3.8, 4) is 5.75 Å². The molecule has 4 atom stereocenters. The lowest BCUT2D eigenvalue weighted by molar-refractivity contribution is -0.132. The second-order valence-electron chi connectivity index (χ2n) is 9.38. The highest BCUT2D eigenvalue weighted by Gasteiger charge is 2.57. The second-order valence-corrected chi connectivity index (χ2v) is 9.38. The zero-order valence-electron chi connectivity index (χ0n) is 16.6. The van der Waals surface area contributed by atoms with E-state index in [2.05, 4.69) is 30.0 Å². The van der Waals surface area contributed by atoms with E-state index in [1.54, 1.807) is 7.11 Å². The summed E-state index contributed by atoms with van der Waals surface area (Å²) in [5, 5.41) is 0.